The summed E-state index contributed by atoms with van der Waals surface area (Å²) >= 11 is 0. The average Bonchev–Trinajstić information content (AvgIpc) is 2.77. The molecule has 2 heteroatoms. The van der Waals surface area contributed by atoms with Crippen LogP contribution in [0.3, 0.4) is 0 Å². The molecule has 0 saturated carbocycles. The first-order chi connectivity index (χ1) is 7.70. The zero-order chi connectivity index (χ0) is 11.5. The molecule has 0 atom stereocenters. The highest BCUT2D eigenvalue weighted by Gasteiger charge is 2.05. The van der Waals surface area contributed by atoms with Gasteiger partial charge in [0.05, 0.1) is 0 Å². The molecule has 2 aromatic rings. The number of nitriles is 1. The van der Waals surface area contributed by atoms with Crippen molar-refractivity contribution >= 4 is 0 Å². The van der Waals surface area contributed by atoms with Gasteiger partial charge in [-0.3, -0.25) is 0 Å². The molecule has 0 unspecified atom stereocenters. The first-order valence-corrected chi connectivity index (χ1v) is 5.31. The maximum absolute atomic E-state index is 8.67. The van der Waals surface area contributed by atoms with E-state index >= 15 is 0 Å². The maximum Gasteiger partial charge on any atom is 0.204 e. The lowest BCUT2D eigenvalue weighted by molar-refractivity contribution is 0.567. The molecule has 2 nitrogen and oxygen atoms in total. The van der Waals surface area contributed by atoms with E-state index in [4.69, 9.17) is 9.68 Å². The van der Waals surface area contributed by atoms with Gasteiger partial charge in [-0.15, -0.1) is 0 Å². The van der Waals surface area contributed by atoms with Gasteiger partial charge in [-0.2, -0.15) is 5.26 Å². The van der Waals surface area contributed by atoms with Crippen LogP contribution in [0.2, 0.25) is 0 Å². The molecule has 2 rings (SSSR count). The van der Waals surface area contributed by atoms with Crippen LogP contribution in [0.5, 0.6) is 0 Å². The van der Waals surface area contributed by atoms with Crippen molar-refractivity contribution in [2.75, 3.05) is 0 Å². The van der Waals surface area contributed by atoms with E-state index in [1.807, 2.05) is 24.3 Å². The van der Waals surface area contributed by atoms with Crippen LogP contribution in [0.15, 0.2) is 40.8 Å². The molecule has 1 aromatic heterocycles. The minimum absolute atomic E-state index is 0.350. The van der Waals surface area contributed by atoms with Gasteiger partial charge in [-0.25, -0.2) is 0 Å². The first kappa shape index (κ1) is 10.5. The van der Waals surface area contributed by atoms with Gasteiger partial charge in [-0.1, -0.05) is 38.1 Å². The number of hydrogen-bond acceptors (Lipinski definition) is 2. The smallest absolute Gasteiger partial charge is 0.204 e. The summed E-state index contributed by atoms with van der Waals surface area (Å²) in [6.07, 6.45) is 0. The molecule has 0 spiro atoms. The van der Waals surface area contributed by atoms with Gasteiger partial charge >= 0.3 is 0 Å². The van der Waals surface area contributed by atoms with Crippen molar-refractivity contribution in [1.29, 1.82) is 5.26 Å². The topological polar surface area (TPSA) is 36.9 Å². The van der Waals surface area contributed by atoms with Crippen molar-refractivity contribution in [1.82, 2.24) is 0 Å². The third-order valence-electron chi connectivity index (χ3n) is 2.58. The Morgan fingerprint density at radius 1 is 1.06 bits per heavy atom. The SMILES string of the molecule is CC(C)c1ccc(-c2ccc(C#N)o2)cc1. The Labute approximate surface area is 95.1 Å². The quantitative estimate of drug-likeness (QED) is 0.754. The highest BCUT2D eigenvalue weighted by molar-refractivity contribution is 5.58. The Hall–Kier alpha value is -2.01. The molecule has 0 radical (unpaired) electrons. The molecule has 0 bridgehead atoms. The molecule has 0 aliphatic rings. The van der Waals surface area contributed by atoms with Crippen LogP contribution >= 0.6 is 0 Å². The molecule has 0 N–H and O–H groups in total. The monoisotopic (exact) mass is 211 g/mol. The van der Waals surface area contributed by atoms with Crippen molar-refractivity contribution in [3.8, 4) is 17.4 Å². The molecule has 1 aromatic carbocycles. The van der Waals surface area contributed by atoms with E-state index in [1.54, 1.807) is 6.07 Å². The lowest BCUT2D eigenvalue weighted by Crippen LogP contribution is -1.85. The summed E-state index contributed by atoms with van der Waals surface area (Å²) in [6, 6.07) is 13.7. The van der Waals surface area contributed by atoms with Crippen molar-refractivity contribution in [3.05, 3.63) is 47.7 Å². The summed E-state index contributed by atoms with van der Waals surface area (Å²) in [5.74, 6) is 1.62. The lowest BCUT2D eigenvalue weighted by Gasteiger charge is -2.05. The van der Waals surface area contributed by atoms with Gasteiger partial charge in [0, 0.05) is 5.56 Å². The van der Waals surface area contributed by atoms with E-state index in [1.165, 1.54) is 5.56 Å². The lowest BCUT2D eigenvalue weighted by atomic mass is 10.0. The highest BCUT2D eigenvalue weighted by atomic mass is 16.3. The van der Waals surface area contributed by atoms with E-state index in [-0.39, 0.29) is 0 Å². The van der Waals surface area contributed by atoms with Crippen LogP contribution < -0.4 is 0 Å². The number of rotatable bonds is 2. The number of benzene rings is 1. The maximum atomic E-state index is 8.67. The van der Waals surface area contributed by atoms with Gasteiger partial charge in [0.15, 0.2) is 0 Å². The van der Waals surface area contributed by atoms with Crippen LogP contribution in [0.1, 0.15) is 31.1 Å². The van der Waals surface area contributed by atoms with Crippen LogP contribution in [0.25, 0.3) is 11.3 Å². The number of hydrogen-bond donors (Lipinski definition) is 0. The molecule has 0 aliphatic heterocycles. The summed E-state index contributed by atoms with van der Waals surface area (Å²) in [5.41, 5.74) is 2.31. The van der Waals surface area contributed by atoms with Crippen molar-refractivity contribution in [2.45, 2.75) is 19.8 Å². The molecule has 0 amide bonds. The standard InChI is InChI=1S/C14H13NO/c1-10(2)11-3-5-12(6-4-11)14-8-7-13(9-15)16-14/h3-8,10H,1-2H3. The fourth-order valence-corrected chi connectivity index (χ4v) is 1.59. The highest BCUT2D eigenvalue weighted by Crippen LogP contribution is 2.24. The third kappa shape index (κ3) is 1.99. The Bertz CT molecular complexity index is 514. The number of furan rings is 1. The first-order valence-electron chi connectivity index (χ1n) is 5.31. The fourth-order valence-electron chi connectivity index (χ4n) is 1.59. The second-order valence-electron chi connectivity index (χ2n) is 4.05. The fraction of sp³-hybridized carbons (Fsp3) is 0.214. The zero-order valence-electron chi connectivity index (χ0n) is 9.40. The van der Waals surface area contributed by atoms with E-state index in [2.05, 4.69) is 26.0 Å². The van der Waals surface area contributed by atoms with Gasteiger partial charge in [-0.05, 0) is 23.6 Å². The molecule has 1 heterocycles. The van der Waals surface area contributed by atoms with Crippen LogP contribution in [-0.2, 0) is 0 Å². The minimum Gasteiger partial charge on any atom is -0.446 e. The number of nitrogens with zero attached hydrogens (tertiary/aromatic N) is 1. The van der Waals surface area contributed by atoms with Gasteiger partial charge in [0.25, 0.3) is 0 Å². The summed E-state index contributed by atoms with van der Waals surface area (Å²) in [7, 11) is 0. The molecule has 16 heavy (non-hydrogen) atoms. The van der Waals surface area contributed by atoms with Crippen LogP contribution in [0, 0.1) is 11.3 Å². The average molecular weight is 211 g/mol. The Balaban J connectivity index is 2.31. The second kappa shape index (κ2) is 4.24. The van der Waals surface area contributed by atoms with E-state index < -0.39 is 0 Å². The third-order valence-corrected chi connectivity index (χ3v) is 2.58. The summed E-state index contributed by atoms with van der Waals surface area (Å²) < 4.78 is 5.36. The normalized spacial score (nSPS) is 10.4. The minimum atomic E-state index is 0.350. The molecule has 0 aliphatic carbocycles. The largest absolute Gasteiger partial charge is 0.446 e. The molecule has 80 valence electrons. The Kier molecular flexibility index (Phi) is 2.78. The molecule has 0 fully saturated rings. The molecule has 0 saturated heterocycles. The van der Waals surface area contributed by atoms with Gasteiger partial charge < -0.3 is 4.42 Å². The van der Waals surface area contributed by atoms with Crippen molar-refractivity contribution in [2.24, 2.45) is 0 Å². The molecular formula is C14H13NO. The van der Waals surface area contributed by atoms with Crippen molar-refractivity contribution < 1.29 is 4.42 Å². The Morgan fingerprint density at radius 3 is 2.25 bits per heavy atom. The summed E-state index contributed by atoms with van der Waals surface area (Å²) in [5, 5.41) is 8.67. The molecular weight excluding hydrogens is 198 g/mol. The summed E-state index contributed by atoms with van der Waals surface area (Å²) in [6.45, 7) is 4.32. The van der Waals surface area contributed by atoms with Gasteiger partial charge in [0.1, 0.15) is 11.8 Å². The van der Waals surface area contributed by atoms with E-state index in [9.17, 15) is 0 Å². The second-order valence-corrected chi connectivity index (χ2v) is 4.05. The summed E-state index contributed by atoms with van der Waals surface area (Å²) in [4.78, 5) is 0. The predicted octanol–water partition coefficient (Wildman–Crippen LogP) is 3.94. The zero-order valence-corrected chi connectivity index (χ0v) is 9.40. The van der Waals surface area contributed by atoms with Crippen LogP contribution in [0.4, 0.5) is 0 Å². The van der Waals surface area contributed by atoms with Crippen LogP contribution in [-0.4, -0.2) is 0 Å². The predicted molar refractivity (Wildman–Crippen MR) is 62.9 cm³/mol. The van der Waals surface area contributed by atoms with Crippen molar-refractivity contribution in [3.63, 3.8) is 0 Å². The Morgan fingerprint density at radius 2 is 1.75 bits per heavy atom. The van der Waals surface area contributed by atoms with E-state index in [0.717, 1.165) is 11.3 Å². The van der Waals surface area contributed by atoms with E-state index in [0.29, 0.717) is 11.7 Å². The van der Waals surface area contributed by atoms with Gasteiger partial charge in [0.2, 0.25) is 5.76 Å².